The maximum atomic E-state index is 3.72. The van der Waals surface area contributed by atoms with Crippen LogP contribution in [0.4, 0.5) is 11.4 Å². The summed E-state index contributed by atoms with van der Waals surface area (Å²) in [6.07, 6.45) is 1.25. The van der Waals surface area contributed by atoms with Gasteiger partial charge in [-0.25, -0.2) is 0 Å². The zero-order valence-electron chi connectivity index (χ0n) is 11.9. The molecular weight excluding hydrogens is 240 g/mol. The maximum Gasteiger partial charge on any atom is 0.0596 e. The van der Waals surface area contributed by atoms with Crippen molar-refractivity contribution in [3.63, 3.8) is 0 Å². The molecule has 1 aliphatic rings. The van der Waals surface area contributed by atoms with E-state index in [0.29, 0.717) is 11.5 Å². The third-order valence-corrected chi connectivity index (χ3v) is 4.98. The molecule has 0 amide bonds. The molecule has 0 saturated carbocycles. The van der Waals surface area contributed by atoms with Gasteiger partial charge in [0, 0.05) is 25.9 Å². The Balaban J connectivity index is 2.09. The predicted octanol–water partition coefficient (Wildman–Crippen LogP) is 3.70. The number of nitrogens with zero attached hydrogens (tertiary/aromatic N) is 1. The van der Waals surface area contributed by atoms with Crippen molar-refractivity contribution in [2.45, 2.75) is 26.3 Å². The Morgan fingerprint density at radius 1 is 1.28 bits per heavy atom. The minimum Gasteiger partial charge on any atom is -0.380 e. The molecule has 1 heterocycles. The van der Waals surface area contributed by atoms with E-state index in [4.69, 9.17) is 0 Å². The van der Waals surface area contributed by atoms with Gasteiger partial charge in [0.2, 0.25) is 0 Å². The molecule has 0 bridgehead atoms. The largest absolute Gasteiger partial charge is 0.380 e. The second kappa shape index (κ2) is 5.43. The van der Waals surface area contributed by atoms with E-state index in [9.17, 15) is 0 Å². The lowest BCUT2D eigenvalue weighted by atomic mass is 9.87. The highest BCUT2D eigenvalue weighted by Gasteiger charge is 2.28. The third-order valence-electron chi connectivity index (χ3n) is 3.36. The highest BCUT2D eigenvalue weighted by molar-refractivity contribution is 7.99. The Hall–Kier alpha value is -0.830. The lowest BCUT2D eigenvalue weighted by Gasteiger charge is -2.36. The van der Waals surface area contributed by atoms with Crippen molar-refractivity contribution in [2.75, 3.05) is 35.8 Å². The summed E-state index contributed by atoms with van der Waals surface area (Å²) in [5.74, 6) is 2.49. The van der Waals surface area contributed by atoms with Crippen LogP contribution in [0.3, 0.4) is 0 Å². The SMILES string of the molecule is CN(C)c1ccccc1NC1CSCC(C)(C)C1. The van der Waals surface area contributed by atoms with Gasteiger partial charge in [0.25, 0.3) is 0 Å². The second-order valence-electron chi connectivity index (χ2n) is 6.14. The fourth-order valence-electron chi connectivity index (χ4n) is 2.56. The number of nitrogens with one attached hydrogen (secondary N) is 1. The molecule has 100 valence electrons. The van der Waals surface area contributed by atoms with Gasteiger partial charge in [-0.15, -0.1) is 0 Å². The van der Waals surface area contributed by atoms with Gasteiger partial charge in [-0.3, -0.25) is 0 Å². The lowest BCUT2D eigenvalue weighted by Crippen LogP contribution is -2.35. The maximum absolute atomic E-state index is 3.72. The number of rotatable bonds is 3. The molecule has 1 fully saturated rings. The van der Waals surface area contributed by atoms with E-state index < -0.39 is 0 Å². The summed E-state index contributed by atoms with van der Waals surface area (Å²) in [6.45, 7) is 4.73. The predicted molar refractivity (Wildman–Crippen MR) is 83.9 cm³/mol. The van der Waals surface area contributed by atoms with Crippen LogP contribution >= 0.6 is 11.8 Å². The molecule has 2 rings (SSSR count). The van der Waals surface area contributed by atoms with Crippen LogP contribution < -0.4 is 10.2 Å². The number of anilines is 2. The van der Waals surface area contributed by atoms with Gasteiger partial charge in [0.1, 0.15) is 0 Å². The molecule has 18 heavy (non-hydrogen) atoms. The first-order chi connectivity index (χ1) is 8.48. The highest BCUT2D eigenvalue weighted by atomic mass is 32.2. The number of benzene rings is 1. The number of hydrogen-bond acceptors (Lipinski definition) is 3. The van der Waals surface area contributed by atoms with Gasteiger partial charge in [0.15, 0.2) is 0 Å². The fourth-order valence-corrected chi connectivity index (χ4v) is 3.83. The minimum absolute atomic E-state index is 0.452. The van der Waals surface area contributed by atoms with E-state index in [1.165, 1.54) is 29.3 Å². The van der Waals surface area contributed by atoms with Crippen LogP contribution in [0.5, 0.6) is 0 Å². The van der Waals surface area contributed by atoms with Crippen LogP contribution in [0.15, 0.2) is 24.3 Å². The molecule has 1 N–H and O–H groups in total. The molecule has 0 spiro atoms. The van der Waals surface area contributed by atoms with Crippen molar-refractivity contribution in [1.29, 1.82) is 0 Å². The Bertz CT molecular complexity index is 401. The summed E-state index contributed by atoms with van der Waals surface area (Å²) in [4.78, 5) is 2.17. The first-order valence-electron chi connectivity index (χ1n) is 6.59. The first-order valence-corrected chi connectivity index (χ1v) is 7.74. The van der Waals surface area contributed by atoms with Crippen molar-refractivity contribution in [1.82, 2.24) is 0 Å². The van der Waals surface area contributed by atoms with E-state index in [2.05, 4.69) is 74.2 Å². The molecule has 3 heteroatoms. The van der Waals surface area contributed by atoms with Crippen molar-refractivity contribution in [2.24, 2.45) is 5.41 Å². The smallest absolute Gasteiger partial charge is 0.0596 e. The first kappa shape index (κ1) is 13.6. The summed E-state index contributed by atoms with van der Waals surface area (Å²) in [6, 6.07) is 9.14. The lowest BCUT2D eigenvalue weighted by molar-refractivity contribution is 0.358. The molecule has 0 radical (unpaired) electrons. The van der Waals surface area contributed by atoms with E-state index in [-0.39, 0.29) is 0 Å². The third kappa shape index (κ3) is 3.35. The molecule has 1 unspecified atom stereocenters. The van der Waals surface area contributed by atoms with Crippen molar-refractivity contribution in [3.05, 3.63) is 24.3 Å². The number of para-hydroxylation sites is 2. The summed E-state index contributed by atoms with van der Waals surface area (Å²) in [7, 11) is 4.19. The van der Waals surface area contributed by atoms with Gasteiger partial charge in [-0.05, 0) is 29.7 Å². The molecule has 0 aliphatic carbocycles. The highest BCUT2D eigenvalue weighted by Crippen LogP contribution is 2.35. The average Bonchev–Trinajstić information content (AvgIpc) is 2.28. The Morgan fingerprint density at radius 2 is 2.00 bits per heavy atom. The molecular formula is C15H24N2S. The van der Waals surface area contributed by atoms with E-state index in [1.54, 1.807) is 0 Å². The van der Waals surface area contributed by atoms with Crippen LogP contribution in [0.2, 0.25) is 0 Å². The van der Waals surface area contributed by atoms with Gasteiger partial charge in [0.05, 0.1) is 11.4 Å². The van der Waals surface area contributed by atoms with E-state index >= 15 is 0 Å². The van der Waals surface area contributed by atoms with Crippen LogP contribution in [0, 0.1) is 5.41 Å². The van der Waals surface area contributed by atoms with Crippen molar-refractivity contribution >= 4 is 23.1 Å². The summed E-state index contributed by atoms with van der Waals surface area (Å²) >= 11 is 2.07. The van der Waals surface area contributed by atoms with Gasteiger partial charge >= 0.3 is 0 Å². The Morgan fingerprint density at radius 3 is 2.67 bits per heavy atom. The van der Waals surface area contributed by atoms with Gasteiger partial charge in [-0.2, -0.15) is 11.8 Å². The van der Waals surface area contributed by atoms with Crippen LogP contribution in [-0.2, 0) is 0 Å². The quantitative estimate of drug-likeness (QED) is 0.896. The second-order valence-corrected chi connectivity index (χ2v) is 7.17. The molecule has 1 aromatic carbocycles. The van der Waals surface area contributed by atoms with E-state index in [0.717, 1.165) is 0 Å². The van der Waals surface area contributed by atoms with Crippen LogP contribution in [-0.4, -0.2) is 31.6 Å². The monoisotopic (exact) mass is 264 g/mol. The van der Waals surface area contributed by atoms with Gasteiger partial charge < -0.3 is 10.2 Å². The normalized spacial score (nSPS) is 22.6. The molecule has 1 atom stereocenters. The number of hydrogen-bond donors (Lipinski definition) is 1. The molecule has 0 aromatic heterocycles. The Labute approximate surface area is 115 Å². The average molecular weight is 264 g/mol. The van der Waals surface area contributed by atoms with Crippen LogP contribution in [0.1, 0.15) is 20.3 Å². The Kier molecular flexibility index (Phi) is 4.10. The molecule has 1 saturated heterocycles. The fraction of sp³-hybridized carbons (Fsp3) is 0.600. The molecule has 2 nitrogen and oxygen atoms in total. The van der Waals surface area contributed by atoms with Crippen molar-refractivity contribution in [3.8, 4) is 0 Å². The minimum atomic E-state index is 0.452. The van der Waals surface area contributed by atoms with Gasteiger partial charge in [-0.1, -0.05) is 26.0 Å². The number of thioether (sulfide) groups is 1. The summed E-state index contributed by atoms with van der Waals surface area (Å²) < 4.78 is 0. The summed E-state index contributed by atoms with van der Waals surface area (Å²) in [5, 5.41) is 3.72. The molecule has 1 aliphatic heterocycles. The van der Waals surface area contributed by atoms with Crippen LogP contribution in [0.25, 0.3) is 0 Å². The molecule has 1 aromatic rings. The standard InChI is InChI=1S/C15H24N2S/c1-15(2)9-12(10-18-11-15)16-13-7-5-6-8-14(13)17(3)4/h5-8,12,16H,9-11H2,1-4H3. The topological polar surface area (TPSA) is 15.3 Å². The van der Waals surface area contributed by atoms with Crippen molar-refractivity contribution < 1.29 is 0 Å². The zero-order chi connectivity index (χ0) is 13.2. The van der Waals surface area contributed by atoms with E-state index in [1.807, 2.05) is 0 Å². The zero-order valence-corrected chi connectivity index (χ0v) is 12.7. The summed E-state index contributed by atoms with van der Waals surface area (Å²) in [5.41, 5.74) is 2.98.